The minimum Gasteiger partial charge on any atom is -0.394 e. The second-order valence-corrected chi connectivity index (χ2v) is 7.18. The minimum absolute atomic E-state index is 0.223. The first-order chi connectivity index (χ1) is 13.6. The highest BCUT2D eigenvalue weighted by atomic mass is 16.3. The number of amides is 2. The molecule has 0 spiro atoms. The molecule has 1 unspecified atom stereocenters. The van der Waals surface area contributed by atoms with Gasteiger partial charge in [0.05, 0.1) is 12.5 Å². The van der Waals surface area contributed by atoms with Gasteiger partial charge in [-0.3, -0.25) is 9.59 Å². The first-order valence-electron chi connectivity index (χ1n) is 10.0. The van der Waals surface area contributed by atoms with Gasteiger partial charge in [-0.25, -0.2) is 0 Å². The third-order valence-corrected chi connectivity index (χ3v) is 5.19. The molecule has 0 saturated carbocycles. The summed E-state index contributed by atoms with van der Waals surface area (Å²) in [5.74, 6) is -0.947. The molecule has 0 aromatic heterocycles. The molecule has 0 radical (unpaired) electrons. The van der Waals surface area contributed by atoms with Gasteiger partial charge in [0.2, 0.25) is 11.8 Å². The van der Waals surface area contributed by atoms with E-state index >= 15 is 0 Å². The first-order valence-corrected chi connectivity index (χ1v) is 10.0. The average Bonchev–Trinajstić information content (AvgIpc) is 3.06. The fourth-order valence-corrected chi connectivity index (χ4v) is 3.97. The zero-order valence-electron chi connectivity index (χ0n) is 16.5. The number of rotatable bonds is 8. The molecule has 2 aromatic rings. The van der Waals surface area contributed by atoms with E-state index in [1.54, 1.807) is 4.90 Å². The van der Waals surface area contributed by atoms with E-state index in [0.717, 1.165) is 35.1 Å². The maximum atomic E-state index is 13.2. The number of nitrogens with zero attached hydrogens (tertiary/aromatic N) is 1. The molecule has 0 aliphatic heterocycles. The van der Waals surface area contributed by atoms with Crippen LogP contribution in [-0.2, 0) is 9.59 Å². The van der Waals surface area contributed by atoms with Gasteiger partial charge < -0.3 is 15.3 Å². The molecular formula is C23H28N2O3. The van der Waals surface area contributed by atoms with Crippen LogP contribution in [0.2, 0.25) is 0 Å². The van der Waals surface area contributed by atoms with Gasteiger partial charge in [-0.1, -0.05) is 62.4 Å². The Labute approximate surface area is 166 Å². The number of hydrogen-bond acceptors (Lipinski definition) is 3. The standard InChI is InChI=1S/C23H28N2O3/c1-3-13-25(14-4-2)23(28)20(15-26)24-22(27)21-18-11-7-5-9-16(18)17-10-6-8-12-19(17)21/h5-12,20-21,26H,3-4,13-15H2,1-2H3,(H,24,27). The quantitative estimate of drug-likeness (QED) is 0.740. The van der Waals surface area contributed by atoms with E-state index in [2.05, 4.69) is 5.32 Å². The van der Waals surface area contributed by atoms with Crippen molar-refractivity contribution in [2.24, 2.45) is 0 Å². The zero-order valence-corrected chi connectivity index (χ0v) is 16.5. The second kappa shape index (κ2) is 9.02. The number of aliphatic hydroxyl groups excluding tert-OH is 1. The molecule has 0 bridgehead atoms. The molecule has 3 rings (SSSR count). The third kappa shape index (κ3) is 3.80. The van der Waals surface area contributed by atoms with E-state index in [1.807, 2.05) is 62.4 Å². The zero-order chi connectivity index (χ0) is 20.1. The van der Waals surface area contributed by atoms with Crippen molar-refractivity contribution >= 4 is 11.8 Å². The molecule has 1 aliphatic carbocycles. The fourth-order valence-electron chi connectivity index (χ4n) is 3.97. The summed E-state index contributed by atoms with van der Waals surface area (Å²) in [7, 11) is 0. The van der Waals surface area contributed by atoms with E-state index in [9.17, 15) is 14.7 Å². The summed E-state index contributed by atoms with van der Waals surface area (Å²) >= 11 is 0. The van der Waals surface area contributed by atoms with Gasteiger partial charge in [-0.05, 0) is 35.1 Å². The van der Waals surface area contributed by atoms with E-state index in [-0.39, 0.29) is 11.8 Å². The molecule has 148 valence electrons. The van der Waals surface area contributed by atoms with Crippen LogP contribution in [0.3, 0.4) is 0 Å². The van der Waals surface area contributed by atoms with Gasteiger partial charge in [-0.15, -0.1) is 0 Å². The molecule has 0 saturated heterocycles. The Hall–Kier alpha value is -2.66. The Kier molecular flexibility index (Phi) is 6.47. The molecule has 2 amide bonds. The van der Waals surface area contributed by atoms with Crippen molar-refractivity contribution in [2.75, 3.05) is 19.7 Å². The van der Waals surface area contributed by atoms with Crippen LogP contribution < -0.4 is 5.32 Å². The second-order valence-electron chi connectivity index (χ2n) is 7.18. The summed E-state index contributed by atoms with van der Waals surface area (Å²) in [4.78, 5) is 27.8. The van der Waals surface area contributed by atoms with Crippen molar-refractivity contribution in [1.29, 1.82) is 0 Å². The highest BCUT2D eigenvalue weighted by Gasteiger charge is 2.35. The van der Waals surface area contributed by atoms with E-state index < -0.39 is 18.6 Å². The van der Waals surface area contributed by atoms with Crippen molar-refractivity contribution < 1.29 is 14.7 Å². The normalized spacial score (nSPS) is 13.5. The van der Waals surface area contributed by atoms with Crippen LogP contribution in [0.1, 0.15) is 43.7 Å². The van der Waals surface area contributed by atoms with Crippen LogP contribution in [0.5, 0.6) is 0 Å². The van der Waals surface area contributed by atoms with Gasteiger partial charge >= 0.3 is 0 Å². The lowest BCUT2D eigenvalue weighted by Gasteiger charge is -2.27. The van der Waals surface area contributed by atoms with Crippen LogP contribution in [0.25, 0.3) is 11.1 Å². The van der Waals surface area contributed by atoms with E-state index in [1.165, 1.54) is 0 Å². The van der Waals surface area contributed by atoms with Crippen LogP contribution in [0.15, 0.2) is 48.5 Å². The summed E-state index contributed by atoms with van der Waals surface area (Å²) in [6.07, 6.45) is 1.67. The van der Waals surface area contributed by atoms with Gasteiger partial charge in [0.1, 0.15) is 6.04 Å². The molecule has 1 atom stereocenters. The van der Waals surface area contributed by atoms with Crippen molar-refractivity contribution in [1.82, 2.24) is 10.2 Å². The molecule has 28 heavy (non-hydrogen) atoms. The van der Waals surface area contributed by atoms with Crippen molar-refractivity contribution in [3.63, 3.8) is 0 Å². The highest BCUT2D eigenvalue weighted by Crippen LogP contribution is 2.44. The summed E-state index contributed by atoms with van der Waals surface area (Å²) in [5, 5.41) is 12.6. The molecular weight excluding hydrogens is 352 g/mol. The van der Waals surface area contributed by atoms with Crippen molar-refractivity contribution in [3.8, 4) is 11.1 Å². The number of carbonyl (C=O) groups excluding carboxylic acids is 2. The first kappa shape index (κ1) is 20.1. The molecule has 2 N–H and O–H groups in total. The lowest BCUT2D eigenvalue weighted by molar-refractivity contribution is -0.137. The van der Waals surface area contributed by atoms with Crippen LogP contribution in [0, 0.1) is 0 Å². The summed E-state index contributed by atoms with van der Waals surface area (Å²) in [5.41, 5.74) is 3.96. The summed E-state index contributed by atoms with van der Waals surface area (Å²) in [6, 6.07) is 14.8. The Bertz CT molecular complexity index is 798. The Balaban J connectivity index is 1.84. The van der Waals surface area contributed by atoms with Crippen LogP contribution >= 0.6 is 0 Å². The molecule has 1 aliphatic rings. The molecule has 2 aromatic carbocycles. The van der Waals surface area contributed by atoms with E-state index in [4.69, 9.17) is 0 Å². The Morgan fingerprint density at radius 2 is 1.46 bits per heavy atom. The lowest BCUT2D eigenvalue weighted by atomic mass is 9.95. The largest absolute Gasteiger partial charge is 0.394 e. The molecule has 0 fully saturated rings. The van der Waals surface area contributed by atoms with Crippen LogP contribution in [-0.4, -0.2) is 47.6 Å². The minimum atomic E-state index is -0.925. The number of hydrogen-bond donors (Lipinski definition) is 2. The highest BCUT2D eigenvalue weighted by molar-refractivity contribution is 5.98. The predicted octanol–water partition coefficient (Wildman–Crippen LogP) is 2.92. The fraction of sp³-hybridized carbons (Fsp3) is 0.391. The van der Waals surface area contributed by atoms with Gasteiger partial charge in [-0.2, -0.15) is 0 Å². The molecule has 0 heterocycles. The van der Waals surface area contributed by atoms with Gasteiger partial charge in [0, 0.05) is 13.1 Å². The van der Waals surface area contributed by atoms with Crippen molar-refractivity contribution in [3.05, 3.63) is 59.7 Å². The van der Waals surface area contributed by atoms with Gasteiger partial charge in [0.15, 0.2) is 0 Å². The lowest BCUT2D eigenvalue weighted by Crippen LogP contribution is -2.51. The van der Waals surface area contributed by atoms with Crippen molar-refractivity contribution in [2.45, 2.75) is 38.6 Å². The van der Waals surface area contributed by atoms with E-state index in [0.29, 0.717) is 13.1 Å². The number of aliphatic hydroxyl groups is 1. The maximum Gasteiger partial charge on any atom is 0.247 e. The summed E-state index contributed by atoms with van der Waals surface area (Å²) in [6.45, 7) is 4.84. The Morgan fingerprint density at radius 3 is 1.93 bits per heavy atom. The number of benzene rings is 2. The summed E-state index contributed by atoms with van der Waals surface area (Å²) < 4.78 is 0. The smallest absolute Gasteiger partial charge is 0.247 e. The van der Waals surface area contributed by atoms with Gasteiger partial charge in [0.25, 0.3) is 0 Å². The van der Waals surface area contributed by atoms with Crippen LogP contribution in [0.4, 0.5) is 0 Å². The molecule has 5 heteroatoms. The monoisotopic (exact) mass is 380 g/mol. The average molecular weight is 380 g/mol. The topological polar surface area (TPSA) is 69.6 Å². The molecule has 5 nitrogen and oxygen atoms in total. The SMILES string of the molecule is CCCN(CCC)C(=O)C(CO)NC(=O)C1c2ccccc2-c2ccccc21. The number of fused-ring (bicyclic) bond motifs is 3. The maximum absolute atomic E-state index is 13.2. The number of carbonyl (C=O) groups is 2. The predicted molar refractivity (Wildman–Crippen MR) is 110 cm³/mol. The number of nitrogens with one attached hydrogen (secondary N) is 1. The third-order valence-electron chi connectivity index (χ3n) is 5.19. The Morgan fingerprint density at radius 1 is 0.964 bits per heavy atom.